The van der Waals surface area contributed by atoms with Crippen molar-refractivity contribution in [2.45, 2.75) is 51.2 Å². The first-order valence-corrected chi connectivity index (χ1v) is 12.4. The quantitative estimate of drug-likeness (QED) is 0.235. The molecule has 1 aliphatic carbocycles. The van der Waals surface area contributed by atoms with Crippen molar-refractivity contribution in [3.05, 3.63) is 95.6 Å². The van der Waals surface area contributed by atoms with E-state index < -0.39 is 29.4 Å². The van der Waals surface area contributed by atoms with E-state index in [0.717, 1.165) is 12.8 Å². The molecule has 1 fully saturated rings. The van der Waals surface area contributed by atoms with Crippen molar-refractivity contribution >= 4 is 0 Å². The average Bonchev–Trinajstić information content (AvgIpc) is 2.91. The molecule has 3 aromatic carbocycles. The van der Waals surface area contributed by atoms with Crippen molar-refractivity contribution < 1.29 is 32.1 Å². The highest BCUT2D eigenvalue weighted by Crippen LogP contribution is 2.39. The average molecular weight is 515 g/mol. The zero-order valence-electron chi connectivity index (χ0n) is 20.7. The Bertz CT molecular complexity index is 1230. The number of hydrogen-bond donors (Lipinski definition) is 1. The standard InChI is InChI=1S/C30H30F4O3/c1-3-16-36-25-14-12-23(27(31)29(25)33)21-6-4-19(5-7-21)17-37-26-15-13-24(28(32)30(26)34)22-10-8-20(9-11-22)18(2)35/h3-7,12-15,18,20,22,35H,1,8-11,16-17H2,2H3. The Morgan fingerprint density at radius 3 is 2.11 bits per heavy atom. The van der Waals surface area contributed by atoms with Crippen LogP contribution in [-0.2, 0) is 6.61 Å². The van der Waals surface area contributed by atoms with Crippen LogP contribution in [0.3, 0.4) is 0 Å². The third-order valence-electron chi connectivity index (χ3n) is 7.03. The summed E-state index contributed by atoms with van der Waals surface area (Å²) in [6.07, 6.45) is 4.00. The minimum Gasteiger partial charge on any atom is -0.486 e. The Morgan fingerprint density at radius 2 is 1.46 bits per heavy atom. The van der Waals surface area contributed by atoms with E-state index in [1.807, 2.05) is 0 Å². The highest BCUT2D eigenvalue weighted by molar-refractivity contribution is 5.65. The van der Waals surface area contributed by atoms with E-state index in [2.05, 4.69) is 6.58 Å². The van der Waals surface area contributed by atoms with Crippen LogP contribution >= 0.6 is 0 Å². The molecule has 0 saturated heterocycles. The van der Waals surface area contributed by atoms with Crippen LogP contribution in [0.15, 0.2) is 61.2 Å². The summed E-state index contributed by atoms with van der Waals surface area (Å²) in [5.41, 5.74) is 1.51. The molecule has 1 aliphatic rings. The summed E-state index contributed by atoms with van der Waals surface area (Å²) in [7, 11) is 0. The molecule has 1 saturated carbocycles. The van der Waals surface area contributed by atoms with Crippen molar-refractivity contribution in [2.24, 2.45) is 5.92 Å². The van der Waals surface area contributed by atoms with Crippen LogP contribution in [0.25, 0.3) is 11.1 Å². The molecular weight excluding hydrogens is 484 g/mol. The van der Waals surface area contributed by atoms with Crippen molar-refractivity contribution in [3.63, 3.8) is 0 Å². The number of benzene rings is 3. The Kier molecular flexibility index (Phi) is 8.54. The van der Waals surface area contributed by atoms with Gasteiger partial charge >= 0.3 is 0 Å². The molecular formula is C30H30F4O3. The van der Waals surface area contributed by atoms with Crippen LogP contribution in [0.1, 0.15) is 49.7 Å². The molecule has 0 bridgehead atoms. The summed E-state index contributed by atoms with van der Waals surface area (Å²) < 4.78 is 69.1. The zero-order valence-corrected chi connectivity index (χ0v) is 20.7. The Morgan fingerprint density at radius 1 is 0.838 bits per heavy atom. The maximum Gasteiger partial charge on any atom is 0.201 e. The summed E-state index contributed by atoms with van der Waals surface area (Å²) in [5.74, 6) is -4.30. The van der Waals surface area contributed by atoms with Crippen molar-refractivity contribution in [1.82, 2.24) is 0 Å². The van der Waals surface area contributed by atoms with Gasteiger partial charge in [-0.2, -0.15) is 8.78 Å². The monoisotopic (exact) mass is 514 g/mol. The predicted molar refractivity (Wildman–Crippen MR) is 135 cm³/mol. The largest absolute Gasteiger partial charge is 0.486 e. The summed E-state index contributed by atoms with van der Waals surface area (Å²) in [6.45, 7) is 5.27. The third-order valence-corrected chi connectivity index (χ3v) is 7.03. The lowest BCUT2D eigenvalue weighted by molar-refractivity contribution is 0.0963. The third kappa shape index (κ3) is 5.99. The topological polar surface area (TPSA) is 38.7 Å². The highest BCUT2D eigenvalue weighted by Gasteiger charge is 2.28. The van der Waals surface area contributed by atoms with Gasteiger partial charge in [0.15, 0.2) is 23.1 Å². The number of halogens is 4. The van der Waals surface area contributed by atoms with Crippen molar-refractivity contribution in [3.8, 4) is 22.6 Å². The molecule has 3 aromatic rings. The van der Waals surface area contributed by atoms with Gasteiger partial charge in [0.1, 0.15) is 13.2 Å². The van der Waals surface area contributed by atoms with Gasteiger partial charge in [-0.05, 0) is 79.3 Å². The maximum atomic E-state index is 14.9. The number of rotatable bonds is 9. The summed E-state index contributed by atoms with van der Waals surface area (Å²) in [4.78, 5) is 0. The SMILES string of the molecule is C=CCOc1ccc(-c2ccc(COc3ccc(C4CCC(C(C)O)CC4)c(F)c3F)cc2)c(F)c1F. The second kappa shape index (κ2) is 11.8. The molecule has 0 aromatic heterocycles. The maximum absolute atomic E-state index is 14.9. The van der Waals surface area contributed by atoms with Gasteiger partial charge in [-0.1, -0.05) is 43.0 Å². The van der Waals surface area contributed by atoms with Gasteiger partial charge in [0, 0.05) is 5.56 Å². The molecule has 3 nitrogen and oxygen atoms in total. The van der Waals surface area contributed by atoms with Gasteiger partial charge in [0.25, 0.3) is 0 Å². The first-order valence-electron chi connectivity index (χ1n) is 12.4. The fourth-order valence-corrected chi connectivity index (χ4v) is 4.84. The molecule has 37 heavy (non-hydrogen) atoms. The number of aliphatic hydroxyl groups is 1. The van der Waals surface area contributed by atoms with Gasteiger partial charge in [0.2, 0.25) is 11.6 Å². The molecule has 1 N–H and O–H groups in total. The second-order valence-corrected chi connectivity index (χ2v) is 9.46. The van der Waals surface area contributed by atoms with Crippen molar-refractivity contribution in [1.29, 1.82) is 0 Å². The lowest BCUT2D eigenvalue weighted by atomic mass is 9.77. The first-order chi connectivity index (χ1) is 17.8. The second-order valence-electron chi connectivity index (χ2n) is 9.46. The summed E-state index contributed by atoms with van der Waals surface area (Å²) in [6, 6.07) is 12.3. The van der Waals surface area contributed by atoms with E-state index in [0.29, 0.717) is 29.5 Å². The molecule has 1 unspecified atom stereocenters. The minimum atomic E-state index is -1.08. The molecule has 0 heterocycles. The van der Waals surface area contributed by atoms with E-state index in [-0.39, 0.29) is 42.1 Å². The van der Waals surface area contributed by atoms with Gasteiger partial charge in [-0.3, -0.25) is 0 Å². The van der Waals surface area contributed by atoms with Crippen LogP contribution in [0.4, 0.5) is 17.6 Å². The van der Waals surface area contributed by atoms with Gasteiger partial charge in [-0.25, -0.2) is 8.78 Å². The van der Waals surface area contributed by atoms with Crippen LogP contribution in [0, 0.1) is 29.2 Å². The van der Waals surface area contributed by atoms with E-state index >= 15 is 0 Å². The van der Waals surface area contributed by atoms with Crippen LogP contribution in [-0.4, -0.2) is 17.8 Å². The summed E-state index contributed by atoms with van der Waals surface area (Å²) in [5, 5.41) is 9.76. The van der Waals surface area contributed by atoms with Crippen LogP contribution < -0.4 is 9.47 Å². The molecule has 7 heteroatoms. The molecule has 0 aliphatic heterocycles. The smallest absolute Gasteiger partial charge is 0.201 e. The van der Waals surface area contributed by atoms with E-state index in [1.165, 1.54) is 24.3 Å². The highest BCUT2D eigenvalue weighted by atomic mass is 19.2. The molecule has 196 valence electrons. The number of aliphatic hydroxyl groups excluding tert-OH is 1. The first kappa shape index (κ1) is 26.7. The normalized spacial score (nSPS) is 18.3. The van der Waals surface area contributed by atoms with E-state index in [9.17, 15) is 22.7 Å². The fraction of sp³-hybridized carbons (Fsp3) is 0.333. The molecule has 1 atom stereocenters. The molecule has 4 rings (SSSR count). The Labute approximate surface area is 214 Å². The fourth-order valence-electron chi connectivity index (χ4n) is 4.84. The lowest BCUT2D eigenvalue weighted by Gasteiger charge is -2.30. The number of ether oxygens (including phenoxy) is 2. The van der Waals surface area contributed by atoms with Crippen molar-refractivity contribution in [2.75, 3.05) is 6.61 Å². The Hall–Kier alpha value is -3.32. The van der Waals surface area contributed by atoms with Crippen LogP contribution in [0.5, 0.6) is 11.5 Å². The van der Waals surface area contributed by atoms with Gasteiger partial charge in [-0.15, -0.1) is 0 Å². The number of hydrogen-bond acceptors (Lipinski definition) is 3. The summed E-state index contributed by atoms with van der Waals surface area (Å²) >= 11 is 0. The molecule has 0 radical (unpaired) electrons. The minimum absolute atomic E-state index is 0.0271. The Balaban J connectivity index is 1.41. The molecule has 0 spiro atoms. The molecule has 0 amide bonds. The lowest BCUT2D eigenvalue weighted by Crippen LogP contribution is -2.23. The van der Waals surface area contributed by atoms with E-state index in [1.54, 1.807) is 37.3 Å². The van der Waals surface area contributed by atoms with Gasteiger partial charge < -0.3 is 14.6 Å². The van der Waals surface area contributed by atoms with Crippen LogP contribution in [0.2, 0.25) is 0 Å². The van der Waals surface area contributed by atoms with E-state index in [4.69, 9.17) is 9.47 Å². The zero-order chi connectivity index (χ0) is 26.5. The predicted octanol–water partition coefficient (Wildman–Crippen LogP) is 7.71. The van der Waals surface area contributed by atoms with Gasteiger partial charge in [0.05, 0.1) is 6.10 Å².